The lowest BCUT2D eigenvalue weighted by Gasteiger charge is -2.11. The van der Waals surface area contributed by atoms with Gasteiger partial charge in [0.05, 0.1) is 11.5 Å². The van der Waals surface area contributed by atoms with Crippen LogP contribution in [0.1, 0.15) is 17.3 Å². The minimum absolute atomic E-state index is 0.106. The van der Waals surface area contributed by atoms with Crippen LogP contribution in [0.25, 0.3) is 0 Å². The van der Waals surface area contributed by atoms with Crippen LogP contribution in [0.3, 0.4) is 0 Å². The van der Waals surface area contributed by atoms with Crippen molar-refractivity contribution in [2.75, 3.05) is 31.4 Å². The van der Waals surface area contributed by atoms with Crippen molar-refractivity contribution in [2.24, 2.45) is 0 Å². The lowest BCUT2D eigenvalue weighted by Crippen LogP contribution is -2.34. The zero-order chi connectivity index (χ0) is 20.6. The fourth-order valence-corrected chi connectivity index (χ4v) is 3.03. The zero-order valence-corrected chi connectivity index (χ0v) is 17.2. The summed E-state index contributed by atoms with van der Waals surface area (Å²) in [6.45, 7) is 3.49. The van der Waals surface area contributed by atoms with Crippen LogP contribution in [0.4, 0.5) is 5.69 Å². The number of thiocarbonyl (C=S) groups is 1. The van der Waals surface area contributed by atoms with Crippen molar-refractivity contribution in [3.05, 3.63) is 54.1 Å². The lowest BCUT2D eigenvalue weighted by molar-refractivity contribution is 0.0977. The standard InChI is InChI=1S/C19H22N2O5S2/c1-3-25-12-13-26-16-8-4-14(5-9-16)18(22)21-19(27)20-15-6-10-17(11-7-15)28(2,23)24/h4-11H,3,12-13H2,1-2H3,(H2,20,21,22,27). The first-order valence-corrected chi connectivity index (χ1v) is 10.8. The molecule has 0 aliphatic carbocycles. The second-order valence-electron chi connectivity index (χ2n) is 5.77. The molecule has 0 saturated carbocycles. The number of sulfone groups is 1. The van der Waals surface area contributed by atoms with Crippen LogP contribution in [-0.4, -0.2) is 45.5 Å². The van der Waals surface area contributed by atoms with Gasteiger partial charge in [-0.1, -0.05) is 0 Å². The number of amides is 1. The molecule has 0 spiro atoms. The first-order valence-electron chi connectivity index (χ1n) is 8.52. The highest BCUT2D eigenvalue weighted by Gasteiger charge is 2.10. The molecule has 0 fully saturated rings. The Balaban J connectivity index is 1.87. The maximum atomic E-state index is 12.3. The third kappa shape index (κ3) is 6.91. The molecule has 0 aliphatic rings. The Morgan fingerprint density at radius 1 is 1.04 bits per heavy atom. The highest BCUT2D eigenvalue weighted by molar-refractivity contribution is 7.90. The monoisotopic (exact) mass is 422 g/mol. The summed E-state index contributed by atoms with van der Waals surface area (Å²) < 4.78 is 33.6. The van der Waals surface area contributed by atoms with E-state index in [-0.39, 0.29) is 15.9 Å². The van der Waals surface area contributed by atoms with E-state index < -0.39 is 9.84 Å². The second kappa shape index (κ2) is 10.2. The maximum Gasteiger partial charge on any atom is 0.257 e. The van der Waals surface area contributed by atoms with Crippen LogP contribution in [0.5, 0.6) is 5.75 Å². The van der Waals surface area contributed by atoms with Crippen molar-refractivity contribution < 1.29 is 22.7 Å². The summed E-state index contributed by atoms with van der Waals surface area (Å²) in [6, 6.07) is 12.7. The molecule has 9 heteroatoms. The molecule has 2 N–H and O–H groups in total. The molecule has 0 atom stereocenters. The topological polar surface area (TPSA) is 93.7 Å². The number of nitrogens with one attached hydrogen (secondary N) is 2. The smallest absolute Gasteiger partial charge is 0.257 e. The summed E-state index contributed by atoms with van der Waals surface area (Å²) >= 11 is 5.13. The van der Waals surface area contributed by atoms with Crippen molar-refractivity contribution in [3.63, 3.8) is 0 Å². The SMILES string of the molecule is CCOCCOc1ccc(C(=O)NC(=S)Nc2ccc(S(C)(=O)=O)cc2)cc1. The minimum atomic E-state index is -3.26. The van der Waals surface area contributed by atoms with E-state index in [2.05, 4.69) is 10.6 Å². The van der Waals surface area contributed by atoms with Crippen LogP contribution in [0, 0.1) is 0 Å². The molecule has 2 aromatic rings. The van der Waals surface area contributed by atoms with Crippen molar-refractivity contribution in [1.82, 2.24) is 5.32 Å². The van der Waals surface area contributed by atoms with E-state index in [9.17, 15) is 13.2 Å². The molecular formula is C19H22N2O5S2. The van der Waals surface area contributed by atoms with Gasteiger partial charge in [0.2, 0.25) is 0 Å². The molecule has 0 aliphatic heterocycles. The zero-order valence-electron chi connectivity index (χ0n) is 15.6. The van der Waals surface area contributed by atoms with Gasteiger partial charge in [-0.2, -0.15) is 0 Å². The number of benzene rings is 2. The molecular weight excluding hydrogens is 400 g/mol. The maximum absolute atomic E-state index is 12.3. The molecule has 150 valence electrons. The summed E-state index contributed by atoms with van der Waals surface area (Å²) in [6.07, 6.45) is 1.13. The van der Waals surface area contributed by atoms with Crippen LogP contribution < -0.4 is 15.4 Å². The molecule has 0 heterocycles. The lowest BCUT2D eigenvalue weighted by atomic mass is 10.2. The van der Waals surface area contributed by atoms with E-state index >= 15 is 0 Å². The first-order chi connectivity index (χ1) is 13.3. The Morgan fingerprint density at radius 3 is 2.25 bits per heavy atom. The van der Waals surface area contributed by atoms with Gasteiger partial charge in [-0.3, -0.25) is 10.1 Å². The predicted octanol–water partition coefficient (Wildman–Crippen LogP) is 2.63. The highest BCUT2D eigenvalue weighted by atomic mass is 32.2. The number of hydrogen-bond acceptors (Lipinski definition) is 6. The number of anilines is 1. The highest BCUT2D eigenvalue weighted by Crippen LogP contribution is 2.14. The fourth-order valence-electron chi connectivity index (χ4n) is 2.19. The molecule has 0 unspecified atom stereocenters. The predicted molar refractivity (Wildman–Crippen MR) is 112 cm³/mol. The van der Waals surface area contributed by atoms with Crippen LogP contribution >= 0.6 is 12.2 Å². The largest absolute Gasteiger partial charge is 0.491 e. The quantitative estimate of drug-likeness (QED) is 0.499. The Kier molecular flexibility index (Phi) is 7.91. The van der Waals surface area contributed by atoms with Crippen LogP contribution in [0.15, 0.2) is 53.4 Å². The molecule has 28 heavy (non-hydrogen) atoms. The average molecular weight is 423 g/mol. The molecule has 2 rings (SSSR count). The van der Waals surface area contributed by atoms with Gasteiger partial charge in [-0.05, 0) is 67.7 Å². The minimum Gasteiger partial charge on any atom is -0.491 e. The van der Waals surface area contributed by atoms with Gasteiger partial charge in [-0.15, -0.1) is 0 Å². The Morgan fingerprint density at radius 2 is 1.68 bits per heavy atom. The second-order valence-corrected chi connectivity index (χ2v) is 8.20. The number of carbonyl (C=O) groups excluding carboxylic acids is 1. The van der Waals surface area contributed by atoms with Crippen molar-refractivity contribution >= 4 is 38.8 Å². The van der Waals surface area contributed by atoms with Crippen LogP contribution in [-0.2, 0) is 14.6 Å². The molecule has 0 radical (unpaired) electrons. The van der Waals surface area contributed by atoms with E-state index in [1.54, 1.807) is 36.4 Å². The van der Waals surface area contributed by atoms with Crippen LogP contribution in [0.2, 0.25) is 0 Å². The Bertz CT molecular complexity index is 910. The first kappa shape index (κ1) is 21.8. The van der Waals surface area contributed by atoms with Crippen molar-refractivity contribution in [3.8, 4) is 5.75 Å². The van der Waals surface area contributed by atoms with E-state index in [1.807, 2.05) is 6.92 Å². The summed E-state index contributed by atoms with van der Waals surface area (Å²) in [4.78, 5) is 12.5. The van der Waals surface area contributed by atoms with Gasteiger partial charge in [0, 0.05) is 24.1 Å². The van der Waals surface area contributed by atoms with E-state index in [4.69, 9.17) is 21.7 Å². The van der Waals surface area contributed by atoms with Gasteiger partial charge >= 0.3 is 0 Å². The number of rotatable bonds is 8. The fraction of sp³-hybridized carbons (Fsp3) is 0.263. The molecule has 1 amide bonds. The van der Waals surface area contributed by atoms with Crippen molar-refractivity contribution in [1.29, 1.82) is 0 Å². The summed E-state index contributed by atoms with van der Waals surface area (Å²) in [7, 11) is -3.26. The summed E-state index contributed by atoms with van der Waals surface area (Å²) in [5.41, 5.74) is 0.990. The average Bonchev–Trinajstić information content (AvgIpc) is 2.65. The van der Waals surface area contributed by atoms with E-state index in [0.717, 1.165) is 6.26 Å². The van der Waals surface area contributed by atoms with E-state index in [0.29, 0.717) is 36.8 Å². The molecule has 0 saturated heterocycles. The van der Waals surface area contributed by atoms with Gasteiger partial charge < -0.3 is 14.8 Å². The number of carbonyl (C=O) groups is 1. The third-order valence-corrected chi connectivity index (χ3v) is 4.92. The number of ether oxygens (including phenoxy) is 2. The molecule has 0 bridgehead atoms. The number of hydrogen-bond donors (Lipinski definition) is 2. The normalized spacial score (nSPS) is 10.9. The summed E-state index contributed by atoms with van der Waals surface area (Å²) in [5, 5.41) is 5.52. The van der Waals surface area contributed by atoms with Gasteiger partial charge in [-0.25, -0.2) is 8.42 Å². The van der Waals surface area contributed by atoms with Gasteiger partial charge in [0.1, 0.15) is 12.4 Å². The molecule has 2 aromatic carbocycles. The molecule has 7 nitrogen and oxygen atoms in total. The Hall–Kier alpha value is -2.49. The summed E-state index contributed by atoms with van der Waals surface area (Å²) in [5.74, 6) is 0.272. The molecule has 0 aromatic heterocycles. The van der Waals surface area contributed by atoms with Gasteiger partial charge in [0.25, 0.3) is 5.91 Å². The van der Waals surface area contributed by atoms with Crippen molar-refractivity contribution in [2.45, 2.75) is 11.8 Å². The third-order valence-electron chi connectivity index (χ3n) is 3.58. The Labute approximate surface area is 170 Å². The van der Waals surface area contributed by atoms with E-state index in [1.165, 1.54) is 12.1 Å². The van der Waals surface area contributed by atoms with Gasteiger partial charge in [0.15, 0.2) is 14.9 Å².